The Morgan fingerprint density at radius 1 is 1.39 bits per heavy atom. The molecule has 1 aromatic heterocycles. The predicted octanol–water partition coefficient (Wildman–Crippen LogP) is 3.83. The van der Waals surface area contributed by atoms with Gasteiger partial charge in [-0.3, -0.25) is 0 Å². The molecule has 3 nitrogen and oxygen atoms in total. The highest BCUT2D eigenvalue weighted by molar-refractivity contribution is 6.30. The lowest BCUT2D eigenvalue weighted by Gasteiger charge is -2.13. The summed E-state index contributed by atoms with van der Waals surface area (Å²) in [7, 11) is 0. The van der Waals surface area contributed by atoms with Gasteiger partial charge >= 0.3 is 0 Å². The second kappa shape index (κ2) is 4.83. The summed E-state index contributed by atoms with van der Waals surface area (Å²) in [5, 5.41) is 14.1. The normalized spacial score (nSPS) is 10.7. The molecule has 18 heavy (non-hydrogen) atoms. The van der Waals surface area contributed by atoms with Crippen LogP contribution in [0.2, 0.25) is 5.02 Å². The second-order valence-electron chi connectivity index (χ2n) is 4.55. The van der Waals surface area contributed by atoms with Crippen LogP contribution in [0.5, 0.6) is 0 Å². The third kappa shape index (κ3) is 2.12. The molecule has 0 saturated carbocycles. The van der Waals surface area contributed by atoms with Gasteiger partial charge in [-0.05, 0) is 30.5 Å². The second-order valence-corrected chi connectivity index (χ2v) is 4.99. The van der Waals surface area contributed by atoms with E-state index in [1.165, 1.54) is 0 Å². The molecule has 2 aromatic rings. The van der Waals surface area contributed by atoms with Gasteiger partial charge in [0, 0.05) is 5.02 Å². The van der Waals surface area contributed by atoms with E-state index in [1.807, 2.05) is 43.7 Å². The summed E-state index contributed by atoms with van der Waals surface area (Å²) in [6.45, 7) is 6.10. The predicted molar refractivity (Wildman–Crippen MR) is 72.1 cm³/mol. The molecule has 1 heterocycles. The van der Waals surface area contributed by atoms with E-state index < -0.39 is 0 Å². The number of nitrogens with zero attached hydrogens (tertiary/aromatic N) is 3. The molecule has 0 radical (unpaired) electrons. The number of halogens is 1. The smallest absolute Gasteiger partial charge is 0.103 e. The monoisotopic (exact) mass is 259 g/mol. The summed E-state index contributed by atoms with van der Waals surface area (Å²) in [6, 6.07) is 7.86. The molecule has 92 valence electrons. The number of aromatic nitrogens is 2. The van der Waals surface area contributed by atoms with Gasteiger partial charge in [0.1, 0.15) is 6.07 Å². The number of nitriles is 1. The van der Waals surface area contributed by atoms with E-state index in [1.54, 1.807) is 6.20 Å². The Balaban J connectivity index is 2.68. The van der Waals surface area contributed by atoms with Crippen LogP contribution in [0, 0.1) is 18.3 Å². The minimum absolute atomic E-state index is 0.223. The molecule has 4 heteroatoms. The molecule has 0 spiro atoms. The third-order valence-corrected chi connectivity index (χ3v) is 3.11. The molecule has 0 bridgehead atoms. The largest absolute Gasteiger partial charge is 0.236 e. The summed E-state index contributed by atoms with van der Waals surface area (Å²) in [5.41, 5.74) is 3.54. The van der Waals surface area contributed by atoms with E-state index in [4.69, 9.17) is 16.9 Å². The van der Waals surface area contributed by atoms with E-state index in [0.717, 1.165) is 16.9 Å². The van der Waals surface area contributed by atoms with Gasteiger partial charge in [0.25, 0.3) is 0 Å². The molecular formula is C14H14ClN3. The first kappa shape index (κ1) is 12.7. The maximum absolute atomic E-state index is 9.12. The van der Waals surface area contributed by atoms with Crippen molar-refractivity contribution in [2.75, 3.05) is 0 Å². The number of rotatable bonds is 2. The molecule has 0 N–H and O–H groups in total. The lowest BCUT2D eigenvalue weighted by Crippen LogP contribution is -2.06. The third-order valence-electron chi connectivity index (χ3n) is 2.87. The summed E-state index contributed by atoms with van der Waals surface area (Å²) in [5.74, 6) is 0.223. The van der Waals surface area contributed by atoms with Crippen LogP contribution in [0.15, 0.2) is 24.4 Å². The minimum atomic E-state index is 0.223. The van der Waals surface area contributed by atoms with Gasteiger partial charge < -0.3 is 0 Å². The average molecular weight is 260 g/mol. The van der Waals surface area contributed by atoms with Crippen LogP contribution in [0.25, 0.3) is 5.69 Å². The zero-order chi connectivity index (χ0) is 13.3. The number of hydrogen-bond donors (Lipinski definition) is 0. The topological polar surface area (TPSA) is 41.6 Å². The van der Waals surface area contributed by atoms with Crippen molar-refractivity contribution in [2.45, 2.75) is 26.7 Å². The van der Waals surface area contributed by atoms with Gasteiger partial charge in [-0.2, -0.15) is 10.4 Å². The fraction of sp³-hybridized carbons (Fsp3) is 0.286. The molecule has 0 unspecified atom stereocenters. The number of hydrogen-bond acceptors (Lipinski definition) is 2. The van der Waals surface area contributed by atoms with Crippen molar-refractivity contribution in [2.24, 2.45) is 0 Å². The lowest BCUT2D eigenvalue weighted by atomic mass is 10.1. The average Bonchev–Trinajstić information content (AvgIpc) is 2.75. The van der Waals surface area contributed by atoms with E-state index in [0.29, 0.717) is 10.6 Å². The molecule has 0 amide bonds. The first-order valence-electron chi connectivity index (χ1n) is 5.79. The van der Waals surface area contributed by atoms with Crippen molar-refractivity contribution < 1.29 is 0 Å². The lowest BCUT2D eigenvalue weighted by molar-refractivity contribution is 0.730. The Labute approximate surface area is 112 Å². The molecule has 0 aliphatic heterocycles. The number of aryl methyl sites for hydroxylation is 1. The van der Waals surface area contributed by atoms with Gasteiger partial charge in [-0.1, -0.05) is 31.5 Å². The van der Waals surface area contributed by atoms with Crippen molar-refractivity contribution in [3.8, 4) is 11.8 Å². The maximum Gasteiger partial charge on any atom is 0.103 e. The van der Waals surface area contributed by atoms with Crippen LogP contribution in [-0.2, 0) is 0 Å². The van der Waals surface area contributed by atoms with E-state index in [2.05, 4.69) is 11.2 Å². The molecule has 0 atom stereocenters. The molecule has 0 aliphatic rings. The van der Waals surface area contributed by atoms with Gasteiger partial charge in [0.05, 0.1) is 23.1 Å². The summed E-state index contributed by atoms with van der Waals surface area (Å²) in [6.07, 6.45) is 1.61. The zero-order valence-corrected chi connectivity index (χ0v) is 11.4. The van der Waals surface area contributed by atoms with Gasteiger partial charge in [0.2, 0.25) is 0 Å². The molecule has 2 rings (SSSR count). The highest BCUT2D eigenvalue weighted by Crippen LogP contribution is 2.26. The summed E-state index contributed by atoms with van der Waals surface area (Å²) in [4.78, 5) is 0. The Morgan fingerprint density at radius 2 is 2.11 bits per heavy atom. The first-order chi connectivity index (χ1) is 8.54. The fourth-order valence-corrected chi connectivity index (χ4v) is 2.17. The zero-order valence-electron chi connectivity index (χ0n) is 10.6. The number of benzene rings is 1. The summed E-state index contributed by atoms with van der Waals surface area (Å²) >= 11 is 6.03. The van der Waals surface area contributed by atoms with Gasteiger partial charge in [-0.25, -0.2) is 4.68 Å². The molecule has 1 aromatic carbocycles. The van der Waals surface area contributed by atoms with Crippen molar-refractivity contribution >= 4 is 11.6 Å². The Morgan fingerprint density at radius 3 is 2.72 bits per heavy atom. The Hall–Kier alpha value is -1.79. The molecule has 0 saturated heterocycles. The van der Waals surface area contributed by atoms with Crippen LogP contribution in [0.1, 0.15) is 36.6 Å². The van der Waals surface area contributed by atoms with Gasteiger partial charge in [-0.15, -0.1) is 0 Å². The first-order valence-corrected chi connectivity index (χ1v) is 6.17. The van der Waals surface area contributed by atoms with Crippen LogP contribution < -0.4 is 0 Å². The van der Waals surface area contributed by atoms with Crippen LogP contribution in [-0.4, -0.2) is 9.78 Å². The Kier molecular flexibility index (Phi) is 3.40. The fourth-order valence-electron chi connectivity index (χ4n) is 2.00. The highest BCUT2D eigenvalue weighted by atomic mass is 35.5. The van der Waals surface area contributed by atoms with Crippen LogP contribution >= 0.6 is 11.6 Å². The molecule has 0 aliphatic carbocycles. The van der Waals surface area contributed by atoms with Crippen molar-refractivity contribution in [1.82, 2.24) is 9.78 Å². The standard InChI is InChI=1S/C14H14ClN3/c1-9(2)14-11(7-16)8-17-18(14)13-6-12(15)5-4-10(13)3/h4-6,8-9H,1-3H3. The quantitative estimate of drug-likeness (QED) is 0.822. The Bertz CT molecular complexity index is 620. The van der Waals surface area contributed by atoms with E-state index >= 15 is 0 Å². The van der Waals surface area contributed by atoms with Crippen LogP contribution in [0.4, 0.5) is 0 Å². The van der Waals surface area contributed by atoms with E-state index in [-0.39, 0.29) is 5.92 Å². The van der Waals surface area contributed by atoms with E-state index in [9.17, 15) is 0 Å². The van der Waals surface area contributed by atoms with Crippen LogP contribution in [0.3, 0.4) is 0 Å². The molecule has 0 fully saturated rings. The minimum Gasteiger partial charge on any atom is -0.236 e. The summed E-state index contributed by atoms with van der Waals surface area (Å²) < 4.78 is 1.81. The van der Waals surface area contributed by atoms with Crippen molar-refractivity contribution in [3.63, 3.8) is 0 Å². The molecular weight excluding hydrogens is 246 g/mol. The van der Waals surface area contributed by atoms with Gasteiger partial charge in [0.15, 0.2) is 0 Å². The SMILES string of the molecule is Cc1ccc(Cl)cc1-n1ncc(C#N)c1C(C)C. The van der Waals surface area contributed by atoms with Crippen molar-refractivity contribution in [1.29, 1.82) is 5.26 Å². The highest BCUT2D eigenvalue weighted by Gasteiger charge is 2.16. The van der Waals surface area contributed by atoms with Crippen molar-refractivity contribution in [3.05, 3.63) is 46.2 Å². The maximum atomic E-state index is 9.12.